The Balaban J connectivity index is 1.69. The van der Waals surface area contributed by atoms with Gasteiger partial charge in [0.1, 0.15) is 0 Å². The highest BCUT2D eigenvalue weighted by Gasteiger charge is 2.16. The van der Waals surface area contributed by atoms with Crippen molar-refractivity contribution in [2.75, 3.05) is 13.2 Å². The minimum absolute atomic E-state index is 0.0424. The number of hydrogen-bond donors (Lipinski definition) is 1. The third kappa shape index (κ3) is 4.56. The fraction of sp³-hybridized carbons (Fsp3) is 0.167. The van der Waals surface area contributed by atoms with Gasteiger partial charge in [0.15, 0.2) is 11.5 Å². The number of carbonyl (C=O) groups excluding carboxylic acids is 1. The molecule has 0 spiro atoms. The van der Waals surface area contributed by atoms with Gasteiger partial charge in [-0.3, -0.25) is 4.79 Å². The number of fused-ring (bicyclic) bond motifs is 1. The second-order valence-corrected chi connectivity index (χ2v) is 7.63. The van der Waals surface area contributed by atoms with E-state index in [9.17, 15) is 13.2 Å². The van der Waals surface area contributed by atoms with Crippen LogP contribution in [0.5, 0.6) is 11.5 Å². The maximum absolute atomic E-state index is 12.1. The van der Waals surface area contributed by atoms with Crippen LogP contribution in [0, 0.1) is 0 Å². The van der Waals surface area contributed by atoms with Gasteiger partial charge < -0.3 is 9.47 Å². The van der Waals surface area contributed by atoms with Crippen LogP contribution in [-0.4, -0.2) is 27.5 Å². The number of benzene rings is 2. The molecule has 2 aromatic rings. The van der Waals surface area contributed by atoms with Crippen molar-refractivity contribution < 1.29 is 22.7 Å². The molecule has 1 N–H and O–H groups in total. The van der Waals surface area contributed by atoms with Gasteiger partial charge in [-0.05, 0) is 48.0 Å². The minimum Gasteiger partial charge on any atom is -0.490 e. The Hall–Kier alpha value is -2.51. The van der Waals surface area contributed by atoms with Crippen molar-refractivity contribution in [3.63, 3.8) is 0 Å². The predicted molar refractivity (Wildman–Crippen MR) is 97.9 cm³/mol. The van der Waals surface area contributed by atoms with Crippen LogP contribution in [0.1, 0.15) is 12.0 Å². The fourth-order valence-corrected chi connectivity index (χ4v) is 3.37. The molecule has 6 nitrogen and oxygen atoms in total. The standard InChI is InChI=1S/C18H16ClNO5S/c19-14-4-6-15(7-5-14)26(22,23)20-18(21)9-3-13-2-8-16-17(12-13)25-11-1-10-24-16/h2-9,12H,1,10-11H2,(H,20,21)/b9-3+. The Morgan fingerprint density at radius 3 is 2.46 bits per heavy atom. The van der Waals surface area contributed by atoms with Gasteiger partial charge >= 0.3 is 0 Å². The summed E-state index contributed by atoms with van der Waals surface area (Å²) in [5.74, 6) is 0.486. The summed E-state index contributed by atoms with van der Waals surface area (Å²) in [6, 6.07) is 10.8. The number of hydrogen-bond acceptors (Lipinski definition) is 5. The smallest absolute Gasteiger partial charge is 0.264 e. The highest BCUT2D eigenvalue weighted by molar-refractivity contribution is 7.90. The van der Waals surface area contributed by atoms with Gasteiger partial charge in [-0.15, -0.1) is 0 Å². The summed E-state index contributed by atoms with van der Waals surface area (Å²) < 4.78 is 37.4. The number of carbonyl (C=O) groups is 1. The molecule has 136 valence electrons. The average molecular weight is 394 g/mol. The Kier molecular flexibility index (Phi) is 5.49. The molecule has 0 radical (unpaired) electrons. The number of nitrogens with one attached hydrogen (secondary N) is 1. The molecule has 0 aliphatic carbocycles. The van der Waals surface area contributed by atoms with Crippen LogP contribution in [0.2, 0.25) is 5.02 Å². The summed E-state index contributed by atoms with van der Waals surface area (Å²) in [6.45, 7) is 1.15. The zero-order valence-electron chi connectivity index (χ0n) is 13.6. The number of ether oxygens (including phenoxy) is 2. The molecule has 1 aliphatic rings. The highest BCUT2D eigenvalue weighted by Crippen LogP contribution is 2.30. The summed E-state index contributed by atoms with van der Waals surface area (Å²) in [5.41, 5.74) is 0.688. The van der Waals surface area contributed by atoms with Crippen molar-refractivity contribution in [2.45, 2.75) is 11.3 Å². The zero-order chi connectivity index (χ0) is 18.6. The van der Waals surface area contributed by atoms with E-state index in [0.717, 1.165) is 12.5 Å². The number of rotatable bonds is 4. The van der Waals surface area contributed by atoms with Crippen LogP contribution in [-0.2, 0) is 14.8 Å². The monoisotopic (exact) mass is 393 g/mol. The summed E-state index contributed by atoms with van der Waals surface area (Å²) in [5, 5.41) is 0.407. The van der Waals surface area contributed by atoms with Gasteiger partial charge in [-0.25, -0.2) is 13.1 Å². The molecule has 1 aliphatic heterocycles. The Morgan fingerprint density at radius 2 is 1.73 bits per heavy atom. The van der Waals surface area contributed by atoms with Crippen LogP contribution in [0.25, 0.3) is 6.08 Å². The largest absolute Gasteiger partial charge is 0.490 e. The molecule has 1 amide bonds. The maximum Gasteiger partial charge on any atom is 0.264 e. The van der Waals surface area contributed by atoms with Crippen molar-refractivity contribution in [1.29, 1.82) is 0 Å². The van der Waals surface area contributed by atoms with Crippen molar-refractivity contribution in [2.24, 2.45) is 0 Å². The SMILES string of the molecule is O=C(/C=C/c1ccc2c(c1)OCCCO2)NS(=O)(=O)c1ccc(Cl)cc1. The number of halogens is 1. The molecule has 8 heteroatoms. The molecule has 0 atom stereocenters. The average Bonchev–Trinajstić information content (AvgIpc) is 2.85. The predicted octanol–water partition coefficient (Wildman–Crippen LogP) is 3.02. The lowest BCUT2D eigenvalue weighted by Gasteiger charge is -2.07. The summed E-state index contributed by atoms with van der Waals surface area (Å²) >= 11 is 5.73. The molecule has 26 heavy (non-hydrogen) atoms. The first-order valence-electron chi connectivity index (χ1n) is 7.84. The second-order valence-electron chi connectivity index (χ2n) is 5.51. The quantitative estimate of drug-likeness (QED) is 0.807. The zero-order valence-corrected chi connectivity index (χ0v) is 15.2. The van der Waals surface area contributed by atoms with E-state index in [1.54, 1.807) is 18.2 Å². The van der Waals surface area contributed by atoms with E-state index in [0.29, 0.717) is 35.3 Å². The van der Waals surface area contributed by atoms with E-state index in [1.165, 1.54) is 30.3 Å². The second kappa shape index (κ2) is 7.80. The summed E-state index contributed by atoms with van der Waals surface area (Å²) in [7, 11) is -3.95. The molecule has 3 rings (SSSR count). The molecule has 0 saturated carbocycles. The first kappa shape index (κ1) is 18.3. The Labute approximate surface area is 156 Å². The van der Waals surface area contributed by atoms with E-state index < -0.39 is 15.9 Å². The highest BCUT2D eigenvalue weighted by atomic mass is 35.5. The lowest BCUT2D eigenvalue weighted by Crippen LogP contribution is -2.28. The van der Waals surface area contributed by atoms with Gasteiger partial charge in [0.25, 0.3) is 15.9 Å². The summed E-state index contributed by atoms with van der Waals surface area (Å²) in [6.07, 6.45) is 3.44. The molecule has 0 saturated heterocycles. The molecule has 0 aromatic heterocycles. The van der Waals surface area contributed by atoms with E-state index in [1.807, 2.05) is 4.72 Å². The molecule has 1 heterocycles. The first-order valence-corrected chi connectivity index (χ1v) is 9.70. The Bertz CT molecular complexity index is 939. The van der Waals surface area contributed by atoms with E-state index in [-0.39, 0.29) is 4.90 Å². The Morgan fingerprint density at radius 1 is 1.04 bits per heavy atom. The number of sulfonamides is 1. The minimum atomic E-state index is -3.95. The molecular weight excluding hydrogens is 378 g/mol. The van der Waals surface area contributed by atoms with Gasteiger partial charge in [-0.2, -0.15) is 0 Å². The van der Waals surface area contributed by atoms with Gasteiger partial charge in [-0.1, -0.05) is 17.7 Å². The van der Waals surface area contributed by atoms with Gasteiger partial charge in [0.2, 0.25) is 0 Å². The van der Waals surface area contributed by atoms with E-state index in [2.05, 4.69) is 0 Å². The maximum atomic E-state index is 12.1. The first-order chi connectivity index (χ1) is 12.4. The molecule has 0 bridgehead atoms. The van der Waals surface area contributed by atoms with Gasteiger partial charge in [0.05, 0.1) is 18.1 Å². The van der Waals surface area contributed by atoms with Crippen molar-refractivity contribution >= 4 is 33.6 Å². The normalized spacial score (nSPS) is 14.0. The molecule has 0 unspecified atom stereocenters. The van der Waals surface area contributed by atoms with Gasteiger partial charge in [0, 0.05) is 17.5 Å². The van der Waals surface area contributed by atoms with Crippen molar-refractivity contribution in [1.82, 2.24) is 4.72 Å². The lowest BCUT2D eigenvalue weighted by molar-refractivity contribution is -0.114. The van der Waals surface area contributed by atoms with Crippen molar-refractivity contribution in [3.05, 3.63) is 59.1 Å². The topological polar surface area (TPSA) is 81.7 Å². The molecule has 0 fully saturated rings. The van der Waals surface area contributed by atoms with E-state index >= 15 is 0 Å². The fourth-order valence-electron chi connectivity index (χ4n) is 2.29. The van der Waals surface area contributed by atoms with E-state index in [4.69, 9.17) is 21.1 Å². The third-order valence-corrected chi connectivity index (χ3v) is 5.17. The van der Waals surface area contributed by atoms with Crippen LogP contribution in [0.15, 0.2) is 53.4 Å². The van der Waals surface area contributed by atoms with Crippen molar-refractivity contribution in [3.8, 4) is 11.5 Å². The van der Waals surface area contributed by atoms with Crippen LogP contribution in [0.3, 0.4) is 0 Å². The lowest BCUT2D eigenvalue weighted by atomic mass is 10.2. The molecular formula is C18H16ClNO5S. The third-order valence-electron chi connectivity index (χ3n) is 3.56. The van der Waals surface area contributed by atoms with Crippen LogP contribution in [0.4, 0.5) is 0 Å². The van der Waals surface area contributed by atoms with Crippen LogP contribution >= 0.6 is 11.6 Å². The molecule has 2 aromatic carbocycles. The van der Waals surface area contributed by atoms with Crippen LogP contribution < -0.4 is 14.2 Å². The summed E-state index contributed by atoms with van der Waals surface area (Å²) in [4.78, 5) is 11.9. The number of amides is 1.